The molecule has 0 aliphatic carbocycles. The second-order valence-electron chi connectivity index (χ2n) is 5.74. The van der Waals surface area contributed by atoms with E-state index in [9.17, 15) is 4.79 Å². The van der Waals surface area contributed by atoms with Crippen LogP contribution in [0.3, 0.4) is 0 Å². The molecule has 0 saturated carbocycles. The molecule has 2 rings (SSSR count). The third-order valence-corrected chi connectivity index (χ3v) is 4.60. The molecule has 1 fully saturated rings. The van der Waals surface area contributed by atoms with Crippen LogP contribution in [0.15, 0.2) is 24.3 Å². The second kappa shape index (κ2) is 8.52. The van der Waals surface area contributed by atoms with Crippen molar-refractivity contribution in [2.24, 2.45) is 0 Å². The maximum absolute atomic E-state index is 12.5. The number of nitrogens with one attached hydrogen (secondary N) is 2. The fourth-order valence-corrected chi connectivity index (χ4v) is 2.89. The summed E-state index contributed by atoms with van der Waals surface area (Å²) in [6, 6.07) is 7.35. The number of para-hydroxylation sites is 1. The fourth-order valence-electron chi connectivity index (χ4n) is 2.71. The zero-order chi connectivity index (χ0) is 16.7. The predicted molar refractivity (Wildman–Crippen MR) is 91.0 cm³/mol. The Bertz CT molecular complexity index is 518. The molecule has 128 valence electrons. The number of methoxy groups -OCH3 is 1. The molecule has 1 unspecified atom stereocenters. The molecule has 0 radical (unpaired) electrons. The summed E-state index contributed by atoms with van der Waals surface area (Å²) in [6.45, 7) is 4.02. The van der Waals surface area contributed by atoms with Crippen molar-refractivity contribution in [2.75, 3.05) is 26.7 Å². The molecule has 1 aliphatic rings. The van der Waals surface area contributed by atoms with Crippen LogP contribution in [-0.4, -0.2) is 44.4 Å². The number of rotatable bonds is 7. The van der Waals surface area contributed by atoms with E-state index < -0.39 is 5.60 Å². The van der Waals surface area contributed by atoms with Crippen molar-refractivity contribution in [3.63, 3.8) is 0 Å². The Morgan fingerprint density at radius 3 is 2.70 bits per heavy atom. The predicted octanol–water partition coefficient (Wildman–Crippen LogP) is 2.38. The van der Waals surface area contributed by atoms with Crippen molar-refractivity contribution in [1.29, 1.82) is 0 Å². The summed E-state index contributed by atoms with van der Waals surface area (Å²) in [7, 11) is 1.60. The van der Waals surface area contributed by atoms with E-state index in [0.717, 1.165) is 19.5 Å². The highest BCUT2D eigenvalue weighted by Gasteiger charge is 2.39. The van der Waals surface area contributed by atoms with Gasteiger partial charge in [0.1, 0.15) is 17.5 Å². The standard InChI is InChI=1S/C17H25ClN2O3/c1-3-13(23-15-7-5-4-6-14(15)18)12-20-16(21)17(22-2)8-10-19-11-9-17/h4-7,13,19H,3,8-12H2,1-2H3,(H,20,21). The normalized spacial score (nSPS) is 18.2. The molecule has 1 aliphatic heterocycles. The number of amides is 1. The highest BCUT2D eigenvalue weighted by atomic mass is 35.5. The van der Waals surface area contributed by atoms with Gasteiger partial charge in [0.05, 0.1) is 11.6 Å². The molecule has 0 spiro atoms. The Hall–Kier alpha value is -1.30. The molecule has 1 heterocycles. The minimum Gasteiger partial charge on any atom is -0.487 e. The number of benzene rings is 1. The van der Waals surface area contributed by atoms with Crippen LogP contribution in [-0.2, 0) is 9.53 Å². The van der Waals surface area contributed by atoms with Gasteiger partial charge in [0.25, 0.3) is 5.91 Å². The van der Waals surface area contributed by atoms with E-state index in [4.69, 9.17) is 21.1 Å². The highest BCUT2D eigenvalue weighted by Crippen LogP contribution is 2.25. The number of piperidine rings is 1. The largest absolute Gasteiger partial charge is 0.487 e. The molecule has 0 aromatic heterocycles. The molecular weight excluding hydrogens is 316 g/mol. The molecule has 23 heavy (non-hydrogen) atoms. The first-order valence-electron chi connectivity index (χ1n) is 8.06. The lowest BCUT2D eigenvalue weighted by atomic mass is 9.91. The molecule has 6 heteroatoms. The van der Waals surface area contributed by atoms with Gasteiger partial charge >= 0.3 is 0 Å². The monoisotopic (exact) mass is 340 g/mol. The van der Waals surface area contributed by atoms with Gasteiger partial charge in [0.15, 0.2) is 0 Å². The molecule has 1 aromatic carbocycles. The maximum atomic E-state index is 12.5. The van der Waals surface area contributed by atoms with Gasteiger partial charge < -0.3 is 20.1 Å². The first-order chi connectivity index (χ1) is 11.1. The van der Waals surface area contributed by atoms with Crippen molar-refractivity contribution in [2.45, 2.75) is 37.9 Å². The lowest BCUT2D eigenvalue weighted by Crippen LogP contribution is -2.55. The minimum atomic E-state index is -0.728. The number of hydrogen-bond acceptors (Lipinski definition) is 4. The zero-order valence-corrected chi connectivity index (χ0v) is 14.5. The van der Waals surface area contributed by atoms with Gasteiger partial charge in [0.2, 0.25) is 0 Å². The average molecular weight is 341 g/mol. The van der Waals surface area contributed by atoms with Gasteiger partial charge in [-0.1, -0.05) is 30.7 Å². The Morgan fingerprint density at radius 2 is 2.09 bits per heavy atom. The number of carbonyl (C=O) groups is 1. The molecular formula is C17H25ClN2O3. The Labute approximate surface area is 142 Å². The molecule has 5 nitrogen and oxygen atoms in total. The summed E-state index contributed by atoms with van der Waals surface area (Å²) in [5.41, 5.74) is -0.728. The summed E-state index contributed by atoms with van der Waals surface area (Å²) in [6.07, 6.45) is 2.00. The van der Waals surface area contributed by atoms with Gasteiger partial charge in [-0.05, 0) is 44.5 Å². The SMILES string of the molecule is CCC(CNC(=O)C1(OC)CCNCC1)Oc1ccccc1Cl. The number of hydrogen-bond donors (Lipinski definition) is 2. The van der Waals surface area contributed by atoms with Crippen LogP contribution in [0.4, 0.5) is 0 Å². The number of carbonyl (C=O) groups excluding carboxylic acids is 1. The van der Waals surface area contributed by atoms with Crippen molar-refractivity contribution in [3.8, 4) is 5.75 Å². The lowest BCUT2D eigenvalue weighted by molar-refractivity contribution is -0.147. The molecule has 0 bridgehead atoms. The molecule has 2 N–H and O–H groups in total. The maximum Gasteiger partial charge on any atom is 0.252 e. The van der Waals surface area contributed by atoms with Crippen molar-refractivity contribution < 1.29 is 14.3 Å². The molecule has 1 atom stereocenters. The highest BCUT2D eigenvalue weighted by molar-refractivity contribution is 6.32. The molecule has 1 aromatic rings. The van der Waals surface area contributed by atoms with E-state index in [-0.39, 0.29) is 12.0 Å². The Morgan fingerprint density at radius 1 is 1.39 bits per heavy atom. The smallest absolute Gasteiger partial charge is 0.252 e. The third kappa shape index (κ3) is 4.59. The zero-order valence-electron chi connectivity index (χ0n) is 13.7. The third-order valence-electron chi connectivity index (χ3n) is 4.29. The summed E-state index contributed by atoms with van der Waals surface area (Å²) in [5, 5.41) is 6.79. The summed E-state index contributed by atoms with van der Waals surface area (Å²) < 4.78 is 11.4. The number of ether oxygens (including phenoxy) is 2. The van der Waals surface area contributed by atoms with Gasteiger partial charge in [0, 0.05) is 7.11 Å². The Balaban J connectivity index is 1.92. The van der Waals surface area contributed by atoms with Crippen molar-refractivity contribution in [1.82, 2.24) is 10.6 Å². The minimum absolute atomic E-state index is 0.0669. The summed E-state index contributed by atoms with van der Waals surface area (Å²) in [4.78, 5) is 12.5. The van der Waals surface area contributed by atoms with E-state index in [1.165, 1.54) is 0 Å². The molecule has 1 amide bonds. The first kappa shape index (κ1) is 18.0. The van der Waals surface area contributed by atoms with E-state index in [1.807, 2.05) is 25.1 Å². The van der Waals surface area contributed by atoms with Crippen LogP contribution < -0.4 is 15.4 Å². The quantitative estimate of drug-likeness (QED) is 0.800. The van der Waals surface area contributed by atoms with Crippen LogP contribution in [0.5, 0.6) is 5.75 Å². The van der Waals surface area contributed by atoms with Crippen LogP contribution in [0.2, 0.25) is 5.02 Å². The molecule has 1 saturated heterocycles. The van der Waals surface area contributed by atoms with E-state index >= 15 is 0 Å². The van der Waals surface area contributed by atoms with Gasteiger partial charge in [-0.25, -0.2) is 0 Å². The van der Waals surface area contributed by atoms with Gasteiger partial charge in [-0.3, -0.25) is 4.79 Å². The topological polar surface area (TPSA) is 59.6 Å². The number of halogens is 1. The van der Waals surface area contributed by atoms with Gasteiger partial charge in [-0.2, -0.15) is 0 Å². The average Bonchev–Trinajstić information content (AvgIpc) is 2.60. The van der Waals surface area contributed by atoms with Crippen LogP contribution >= 0.6 is 11.6 Å². The van der Waals surface area contributed by atoms with E-state index in [0.29, 0.717) is 30.2 Å². The summed E-state index contributed by atoms with van der Waals surface area (Å²) >= 11 is 6.12. The van der Waals surface area contributed by atoms with E-state index in [1.54, 1.807) is 13.2 Å². The fraction of sp³-hybridized carbons (Fsp3) is 0.588. The van der Waals surface area contributed by atoms with E-state index in [2.05, 4.69) is 10.6 Å². The van der Waals surface area contributed by atoms with Crippen molar-refractivity contribution in [3.05, 3.63) is 29.3 Å². The second-order valence-corrected chi connectivity index (χ2v) is 6.14. The van der Waals surface area contributed by atoms with Crippen molar-refractivity contribution >= 4 is 17.5 Å². The first-order valence-corrected chi connectivity index (χ1v) is 8.44. The van der Waals surface area contributed by atoms with Gasteiger partial charge in [-0.15, -0.1) is 0 Å². The lowest BCUT2D eigenvalue weighted by Gasteiger charge is -2.35. The summed E-state index contributed by atoms with van der Waals surface area (Å²) in [5.74, 6) is 0.571. The van der Waals surface area contributed by atoms with Crippen LogP contribution in [0, 0.1) is 0 Å². The van der Waals surface area contributed by atoms with Crippen LogP contribution in [0.25, 0.3) is 0 Å². The van der Waals surface area contributed by atoms with Crippen LogP contribution in [0.1, 0.15) is 26.2 Å². The Kier molecular flexibility index (Phi) is 6.69.